The lowest BCUT2D eigenvalue weighted by Crippen LogP contribution is -2.00. The SMILES string of the molecule is Cc1oc(=O)c2ccccc2c1Br. The number of rotatable bonds is 0. The van der Waals surface area contributed by atoms with E-state index in [0.29, 0.717) is 11.1 Å². The van der Waals surface area contributed by atoms with E-state index in [1.807, 2.05) is 18.2 Å². The summed E-state index contributed by atoms with van der Waals surface area (Å²) >= 11 is 3.38. The molecule has 0 fully saturated rings. The monoisotopic (exact) mass is 238 g/mol. The minimum atomic E-state index is -0.281. The number of benzene rings is 1. The maximum Gasteiger partial charge on any atom is 0.343 e. The Balaban J connectivity index is 3.06. The van der Waals surface area contributed by atoms with Gasteiger partial charge in [0.05, 0.1) is 9.86 Å². The van der Waals surface area contributed by atoms with Crippen molar-refractivity contribution in [1.29, 1.82) is 0 Å². The molecule has 0 amide bonds. The average molecular weight is 239 g/mol. The second-order valence-corrected chi connectivity index (χ2v) is 3.60. The van der Waals surface area contributed by atoms with Gasteiger partial charge in [-0.15, -0.1) is 0 Å². The van der Waals surface area contributed by atoms with Crippen molar-refractivity contribution in [3.8, 4) is 0 Å². The lowest BCUT2D eigenvalue weighted by atomic mass is 10.2. The molecule has 2 rings (SSSR count). The lowest BCUT2D eigenvalue weighted by Gasteiger charge is -2.00. The predicted octanol–water partition coefficient (Wildman–Crippen LogP) is 2.86. The highest BCUT2D eigenvalue weighted by Crippen LogP contribution is 2.24. The summed E-state index contributed by atoms with van der Waals surface area (Å²) in [5, 5.41) is 1.51. The molecule has 1 aromatic carbocycles. The van der Waals surface area contributed by atoms with Crippen LogP contribution in [0.15, 0.2) is 37.9 Å². The Morgan fingerprint density at radius 2 is 1.85 bits per heavy atom. The predicted molar refractivity (Wildman–Crippen MR) is 54.9 cm³/mol. The van der Waals surface area contributed by atoms with Crippen molar-refractivity contribution in [1.82, 2.24) is 0 Å². The summed E-state index contributed by atoms with van der Waals surface area (Å²) in [6.07, 6.45) is 0. The molecule has 0 aliphatic heterocycles. The van der Waals surface area contributed by atoms with Crippen molar-refractivity contribution in [3.05, 3.63) is 44.9 Å². The van der Waals surface area contributed by atoms with Crippen LogP contribution in [0.2, 0.25) is 0 Å². The van der Waals surface area contributed by atoms with Gasteiger partial charge in [0.15, 0.2) is 0 Å². The van der Waals surface area contributed by atoms with Gasteiger partial charge in [0.1, 0.15) is 5.76 Å². The Morgan fingerprint density at radius 3 is 2.54 bits per heavy atom. The summed E-state index contributed by atoms with van der Waals surface area (Å²) < 4.78 is 5.87. The van der Waals surface area contributed by atoms with Gasteiger partial charge in [-0.1, -0.05) is 18.2 Å². The van der Waals surface area contributed by atoms with Crippen molar-refractivity contribution in [2.75, 3.05) is 0 Å². The molecule has 0 N–H and O–H groups in total. The molecule has 3 heteroatoms. The van der Waals surface area contributed by atoms with E-state index in [1.165, 1.54) is 0 Å². The van der Waals surface area contributed by atoms with Crippen LogP contribution in [0.4, 0.5) is 0 Å². The van der Waals surface area contributed by atoms with Crippen LogP contribution in [-0.2, 0) is 0 Å². The lowest BCUT2D eigenvalue weighted by molar-refractivity contribution is 0.485. The summed E-state index contributed by atoms with van der Waals surface area (Å²) in [4.78, 5) is 11.4. The standard InChI is InChI=1S/C10H7BrO2/c1-6-9(11)7-4-2-3-5-8(7)10(12)13-6/h2-5H,1H3. The van der Waals surface area contributed by atoms with Gasteiger partial charge < -0.3 is 4.42 Å². The van der Waals surface area contributed by atoms with Crippen molar-refractivity contribution >= 4 is 26.7 Å². The van der Waals surface area contributed by atoms with Gasteiger partial charge in [0.2, 0.25) is 0 Å². The smallest absolute Gasteiger partial charge is 0.343 e. The van der Waals surface area contributed by atoms with E-state index in [0.717, 1.165) is 9.86 Å². The molecule has 0 saturated carbocycles. The third kappa shape index (κ3) is 1.29. The van der Waals surface area contributed by atoms with Crippen LogP contribution in [0.25, 0.3) is 10.8 Å². The third-order valence-electron chi connectivity index (χ3n) is 1.94. The molecule has 0 atom stereocenters. The zero-order valence-electron chi connectivity index (χ0n) is 7.00. The summed E-state index contributed by atoms with van der Waals surface area (Å²) in [7, 11) is 0. The quantitative estimate of drug-likeness (QED) is 0.707. The fourth-order valence-corrected chi connectivity index (χ4v) is 1.71. The Hall–Kier alpha value is -1.09. The Morgan fingerprint density at radius 1 is 1.23 bits per heavy atom. The molecule has 0 unspecified atom stereocenters. The van der Waals surface area contributed by atoms with Crippen molar-refractivity contribution in [2.24, 2.45) is 0 Å². The Kier molecular flexibility index (Phi) is 1.96. The largest absolute Gasteiger partial charge is 0.427 e. The van der Waals surface area contributed by atoms with E-state index in [9.17, 15) is 4.79 Å². The molecule has 0 aliphatic rings. The van der Waals surface area contributed by atoms with Crippen molar-refractivity contribution in [3.63, 3.8) is 0 Å². The molecule has 0 spiro atoms. The molecule has 2 nitrogen and oxygen atoms in total. The van der Waals surface area contributed by atoms with E-state index >= 15 is 0 Å². The molecular weight excluding hydrogens is 232 g/mol. The van der Waals surface area contributed by atoms with Gasteiger partial charge in [-0.05, 0) is 28.9 Å². The van der Waals surface area contributed by atoms with Crippen LogP contribution < -0.4 is 5.63 Å². The molecule has 2 aromatic rings. The second kappa shape index (κ2) is 3.00. The van der Waals surface area contributed by atoms with E-state index in [4.69, 9.17) is 4.42 Å². The minimum Gasteiger partial charge on any atom is -0.427 e. The molecule has 0 radical (unpaired) electrons. The fourth-order valence-electron chi connectivity index (χ4n) is 1.28. The van der Waals surface area contributed by atoms with Gasteiger partial charge >= 0.3 is 5.63 Å². The molecular formula is C10H7BrO2. The van der Waals surface area contributed by atoms with Crippen molar-refractivity contribution < 1.29 is 4.42 Å². The van der Waals surface area contributed by atoms with E-state index in [1.54, 1.807) is 13.0 Å². The van der Waals surface area contributed by atoms with Gasteiger partial charge in [0, 0.05) is 5.39 Å². The van der Waals surface area contributed by atoms with E-state index < -0.39 is 0 Å². The van der Waals surface area contributed by atoms with E-state index in [-0.39, 0.29) is 5.63 Å². The zero-order chi connectivity index (χ0) is 9.42. The molecule has 0 bridgehead atoms. The topological polar surface area (TPSA) is 30.2 Å². The van der Waals surface area contributed by atoms with E-state index in [2.05, 4.69) is 15.9 Å². The number of aryl methyl sites for hydroxylation is 1. The maximum absolute atomic E-state index is 11.4. The molecule has 1 aromatic heterocycles. The van der Waals surface area contributed by atoms with Crippen LogP contribution in [0.5, 0.6) is 0 Å². The van der Waals surface area contributed by atoms with Crippen molar-refractivity contribution in [2.45, 2.75) is 6.92 Å². The molecule has 1 heterocycles. The first-order valence-electron chi connectivity index (χ1n) is 3.88. The molecule has 13 heavy (non-hydrogen) atoms. The average Bonchev–Trinajstić information content (AvgIpc) is 2.15. The Bertz CT molecular complexity index is 514. The summed E-state index contributed by atoms with van der Waals surface area (Å²) in [5.74, 6) is 0.615. The van der Waals surface area contributed by atoms with Gasteiger partial charge in [-0.25, -0.2) is 4.79 Å². The van der Waals surface area contributed by atoms with Crippen LogP contribution in [0.3, 0.4) is 0 Å². The van der Waals surface area contributed by atoms with Gasteiger partial charge in [0.25, 0.3) is 0 Å². The molecule has 0 saturated heterocycles. The number of hydrogen-bond acceptors (Lipinski definition) is 2. The maximum atomic E-state index is 11.4. The molecule has 0 aliphatic carbocycles. The first-order valence-corrected chi connectivity index (χ1v) is 4.67. The summed E-state index contributed by atoms with van der Waals surface area (Å²) in [5.41, 5.74) is -0.281. The van der Waals surface area contributed by atoms with Crippen LogP contribution in [-0.4, -0.2) is 0 Å². The highest BCUT2D eigenvalue weighted by molar-refractivity contribution is 9.10. The Labute approximate surface area is 83.3 Å². The normalized spacial score (nSPS) is 10.6. The molecule has 66 valence electrons. The van der Waals surface area contributed by atoms with Crippen LogP contribution in [0, 0.1) is 6.92 Å². The first kappa shape index (κ1) is 8.51. The number of fused-ring (bicyclic) bond motifs is 1. The van der Waals surface area contributed by atoms with Crippen LogP contribution >= 0.6 is 15.9 Å². The minimum absolute atomic E-state index is 0.281. The number of halogens is 1. The summed E-state index contributed by atoms with van der Waals surface area (Å²) in [6, 6.07) is 7.36. The zero-order valence-corrected chi connectivity index (χ0v) is 8.59. The van der Waals surface area contributed by atoms with Gasteiger partial charge in [-0.2, -0.15) is 0 Å². The highest BCUT2D eigenvalue weighted by Gasteiger charge is 2.06. The highest BCUT2D eigenvalue weighted by atomic mass is 79.9. The summed E-state index contributed by atoms with van der Waals surface area (Å²) in [6.45, 7) is 1.76. The second-order valence-electron chi connectivity index (χ2n) is 2.81. The third-order valence-corrected chi connectivity index (χ3v) is 2.92. The number of hydrogen-bond donors (Lipinski definition) is 0. The van der Waals surface area contributed by atoms with Gasteiger partial charge in [-0.3, -0.25) is 0 Å². The first-order chi connectivity index (χ1) is 6.20. The van der Waals surface area contributed by atoms with Crippen LogP contribution in [0.1, 0.15) is 5.76 Å². The fraction of sp³-hybridized carbons (Fsp3) is 0.100.